The van der Waals surface area contributed by atoms with Crippen LogP contribution in [0.3, 0.4) is 0 Å². The van der Waals surface area contributed by atoms with Crippen molar-refractivity contribution in [3.63, 3.8) is 0 Å². The van der Waals surface area contributed by atoms with Crippen LogP contribution in [0.15, 0.2) is 34.9 Å². The lowest BCUT2D eigenvalue weighted by molar-refractivity contribution is -0.0451. The zero-order chi connectivity index (χ0) is 14.1. The molecule has 3 rings (SSSR count). The second-order valence-electron chi connectivity index (χ2n) is 5.75. The third-order valence-electron chi connectivity index (χ3n) is 4.04. The van der Waals surface area contributed by atoms with Crippen molar-refractivity contribution in [2.45, 2.75) is 32.5 Å². The Balaban J connectivity index is 1.77. The van der Waals surface area contributed by atoms with Crippen LogP contribution in [0.4, 0.5) is 0 Å². The fourth-order valence-corrected chi connectivity index (χ4v) is 3.21. The summed E-state index contributed by atoms with van der Waals surface area (Å²) in [6.07, 6.45) is 2.44. The fourth-order valence-electron chi connectivity index (χ4n) is 2.86. The van der Waals surface area contributed by atoms with Crippen LogP contribution in [-0.4, -0.2) is 41.3 Å². The van der Waals surface area contributed by atoms with Gasteiger partial charge in [-0.05, 0) is 37.4 Å². The fraction of sp³-hybridized carbons (Fsp3) is 0.500. The van der Waals surface area contributed by atoms with Crippen molar-refractivity contribution in [3.8, 4) is 0 Å². The second kappa shape index (κ2) is 5.88. The maximum absolute atomic E-state index is 5.94. The van der Waals surface area contributed by atoms with Gasteiger partial charge in [-0.2, -0.15) is 0 Å². The van der Waals surface area contributed by atoms with E-state index in [0.29, 0.717) is 6.04 Å². The molecule has 1 unspecified atom stereocenters. The third kappa shape index (κ3) is 2.92. The summed E-state index contributed by atoms with van der Waals surface area (Å²) in [4.78, 5) is 2.50. The first-order chi connectivity index (χ1) is 9.63. The monoisotopic (exact) mass is 336 g/mol. The van der Waals surface area contributed by atoms with Gasteiger partial charge in [-0.15, -0.1) is 0 Å². The van der Waals surface area contributed by atoms with E-state index < -0.39 is 0 Å². The van der Waals surface area contributed by atoms with E-state index >= 15 is 0 Å². The molecular formula is C16H21BrN2O. The van der Waals surface area contributed by atoms with Crippen LogP contribution in [0.25, 0.3) is 10.9 Å². The van der Waals surface area contributed by atoms with Gasteiger partial charge >= 0.3 is 0 Å². The molecular weight excluding hydrogens is 316 g/mol. The van der Waals surface area contributed by atoms with Crippen LogP contribution < -0.4 is 0 Å². The number of halogens is 1. The highest BCUT2D eigenvalue weighted by Crippen LogP contribution is 2.22. The molecule has 1 aromatic heterocycles. The largest absolute Gasteiger partial charge is 0.374 e. The molecule has 0 spiro atoms. The molecule has 108 valence electrons. The van der Waals surface area contributed by atoms with E-state index in [-0.39, 0.29) is 6.10 Å². The highest BCUT2D eigenvalue weighted by molar-refractivity contribution is 9.10. The standard InChI is InChI=1S/C16H21BrN2O/c1-12(2)18-7-8-20-15(10-18)11-19-6-5-13-3-4-14(17)9-16(13)19/h3-6,9,12,15H,7-8,10-11H2,1-2H3. The Morgan fingerprint density at radius 3 is 3.00 bits per heavy atom. The molecule has 20 heavy (non-hydrogen) atoms. The molecule has 2 heterocycles. The van der Waals surface area contributed by atoms with Gasteiger partial charge in [0, 0.05) is 35.3 Å². The van der Waals surface area contributed by atoms with Gasteiger partial charge in [0.15, 0.2) is 0 Å². The molecule has 3 nitrogen and oxygen atoms in total. The summed E-state index contributed by atoms with van der Waals surface area (Å²) in [6, 6.07) is 9.18. The predicted octanol–water partition coefficient (Wildman–Crippen LogP) is 3.51. The Kier molecular flexibility index (Phi) is 4.15. The molecule has 1 aliphatic rings. The van der Waals surface area contributed by atoms with Gasteiger partial charge in [-0.25, -0.2) is 0 Å². The van der Waals surface area contributed by atoms with Crippen LogP contribution in [-0.2, 0) is 11.3 Å². The Labute approximate surface area is 128 Å². The lowest BCUT2D eigenvalue weighted by atomic mass is 10.2. The van der Waals surface area contributed by atoms with E-state index in [1.807, 2.05) is 0 Å². The Hall–Kier alpha value is -0.840. The molecule has 0 radical (unpaired) electrons. The van der Waals surface area contributed by atoms with Crippen molar-refractivity contribution in [2.24, 2.45) is 0 Å². The Morgan fingerprint density at radius 2 is 2.20 bits per heavy atom. The molecule has 0 amide bonds. The first-order valence-electron chi connectivity index (χ1n) is 7.23. The lowest BCUT2D eigenvalue weighted by Gasteiger charge is -2.35. The summed E-state index contributed by atoms with van der Waals surface area (Å²) in [5.41, 5.74) is 1.27. The quantitative estimate of drug-likeness (QED) is 0.853. The summed E-state index contributed by atoms with van der Waals surface area (Å²) < 4.78 is 9.36. The second-order valence-corrected chi connectivity index (χ2v) is 6.67. The summed E-state index contributed by atoms with van der Waals surface area (Å²) in [5, 5.41) is 1.28. The highest BCUT2D eigenvalue weighted by Gasteiger charge is 2.22. The minimum absolute atomic E-state index is 0.278. The number of nitrogens with zero attached hydrogens (tertiary/aromatic N) is 2. The predicted molar refractivity (Wildman–Crippen MR) is 86.1 cm³/mol. The van der Waals surface area contributed by atoms with Crippen molar-refractivity contribution in [1.82, 2.24) is 9.47 Å². The summed E-state index contributed by atoms with van der Waals surface area (Å²) >= 11 is 3.55. The van der Waals surface area contributed by atoms with Crippen LogP contribution in [0, 0.1) is 0 Å². The number of hydrogen-bond acceptors (Lipinski definition) is 2. The van der Waals surface area contributed by atoms with Crippen LogP contribution in [0.5, 0.6) is 0 Å². The van der Waals surface area contributed by atoms with E-state index in [9.17, 15) is 0 Å². The minimum atomic E-state index is 0.278. The summed E-state index contributed by atoms with van der Waals surface area (Å²) in [6.45, 7) is 8.33. The zero-order valence-corrected chi connectivity index (χ0v) is 13.6. The molecule has 0 N–H and O–H groups in total. The van der Waals surface area contributed by atoms with Gasteiger partial charge in [0.1, 0.15) is 0 Å². The number of fused-ring (bicyclic) bond motifs is 1. The van der Waals surface area contributed by atoms with Gasteiger partial charge in [0.2, 0.25) is 0 Å². The number of aromatic nitrogens is 1. The van der Waals surface area contributed by atoms with Crippen LogP contribution >= 0.6 is 15.9 Å². The molecule has 1 aromatic carbocycles. The number of ether oxygens (including phenoxy) is 1. The van der Waals surface area contributed by atoms with Gasteiger partial charge in [0.05, 0.1) is 19.3 Å². The molecule has 1 saturated heterocycles. The molecule has 0 saturated carbocycles. The first-order valence-corrected chi connectivity index (χ1v) is 8.03. The Bertz CT molecular complexity index is 593. The molecule has 0 aliphatic carbocycles. The number of hydrogen-bond donors (Lipinski definition) is 0. The molecule has 1 aliphatic heterocycles. The van der Waals surface area contributed by atoms with Gasteiger partial charge < -0.3 is 9.30 Å². The number of morpholine rings is 1. The normalized spacial score (nSPS) is 20.9. The maximum atomic E-state index is 5.94. The van der Waals surface area contributed by atoms with E-state index in [1.54, 1.807) is 0 Å². The molecule has 4 heteroatoms. The van der Waals surface area contributed by atoms with Gasteiger partial charge in [-0.1, -0.05) is 22.0 Å². The molecule has 0 bridgehead atoms. The van der Waals surface area contributed by atoms with Crippen molar-refractivity contribution in [2.75, 3.05) is 19.7 Å². The highest BCUT2D eigenvalue weighted by atomic mass is 79.9. The Morgan fingerprint density at radius 1 is 1.35 bits per heavy atom. The third-order valence-corrected chi connectivity index (χ3v) is 4.53. The average molecular weight is 337 g/mol. The minimum Gasteiger partial charge on any atom is -0.374 e. The average Bonchev–Trinajstić information content (AvgIpc) is 2.82. The smallest absolute Gasteiger partial charge is 0.0881 e. The van der Waals surface area contributed by atoms with Crippen molar-refractivity contribution < 1.29 is 4.74 Å². The SMILES string of the molecule is CC(C)N1CCOC(Cn2ccc3ccc(Br)cc32)C1. The van der Waals surface area contributed by atoms with E-state index in [2.05, 4.69) is 69.7 Å². The van der Waals surface area contributed by atoms with E-state index in [0.717, 1.165) is 30.7 Å². The van der Waals surface area contributed by atoms with Crippen molar-refractivity contribution in [1.29, 1.82) is 0 Å². The van der Waals surface area contributed by atoms with Gasteiger partial charge in [0.25, 0.3) is 0 Å². The van der Waals surface area contributed by atoms with E-state index in [4.69, 9.17) is 4.74 Å². The molecule has 1 fully saturated rings. The summed E-state index contributed by atoms with van der Waals surface area (Å²) in [5.74, 6) is 0. The lowest BCUT2D eigenvalue weighted by Crippen LogP contribution is -2.47. The first kappa shape index (κ1) is 14.1. The van der Waals surface area contributed by atoms with Crippen LogP contribution in [0.1, 0.15) is 13.8 Å². The summed E-state index contributed by atoms with van der Waals surface area (Å²) in [7, 11) is 0. The van der Waals surface area contributed by atoms with Gasteiger partial charge in [-0.3, -0.25) is 4.90 Å². The molecule has 1 atom stereocenters. The number of rotatable bonds is 3. The zero-order valence-electron chi connectivity index (χ0n) is 12.1. The number of benzene rings is 1. The van der Waals surface area contributed by atoms with Crippen molar-refractivity contribution >= 4 is 26.8 Å². The van der Waals surface area contributed by atoms with Crippen molar-refractivity contribution in [3.05, 3.63) is 34.9 Å². The topological polar surface area (TPSA) is 17.4 Å². The van der Waals surface area contributed by atoms with Crippen LogP contribution in [0.2, 0.25) is 0 Å². The maximum Gasteiger partial charge on any atom is 0.0881 e. The molecule has 2 aromatic rings. The van der Waals surface area contributed by atoms with E-state index in [1.165, 1.54) is 10.9 Å².